The van der Waals surface area contributed by atoms with Gasteiger partial charge in [-0.2, -0.15) is 8.42 Å². The van der Waals surface area contributed by atoms with Gasteiger partial charge in [-0.3, -0.25) is 9.35 Å². The molecule has 8 nitrogen and oxygen atoms in total. The molecule has 0 aromatic heterocycles. The Morgan fingerprint density at radius 2 is 1.56 bits per heavy atom. The third-order valence-corrected chi connectivity index (χ3v) is 8.07. The molecule has 1 aliphatic heterocycles. The molecule has 0 atom stereocenters. The van der Waals surface area contributed by atoms with Gasteiger partial charge in [0.05, 0.1) is 11.8 Å². The molecule has 1 heterocycles. The van der Waals surface area contributed by atoms with E-state index in [1.807, 2.05) is 0 Å². The number of nitrogens with zero attached hydrogens (tertiary/aromatic N) is 2. The highest BCUT2D eigenvalue weighted by Gasteiger charge is 2.19. The topological polar surface area (TPSA) is 117 Å². The normalized spacial score (nSPS) is 10.9. The van der Waals surface area contributed by atoms with E-state index in [0.29, 0.717) is 6.42 Å². The van der Waals surface area contributed by atoms with Gasteiger partial charge in [-0.15, -0.1) is 0 Å². The quantitative estimate of drug-likeness (QED) is 0.120. The van der Waals surface area contributed by atoms with Crippen LogP contribution in [-0.4, -0.2) is 57.7 Å². The highest BCUT2D eigenvalue weighted by atomic mass is 32.2. The fraction of sp³-hybridized carbons (Fsp3) is 0.412. The fourth-order valence-corrected chi connectivity index (χ4v) is 5.49. The van der Waals surface area contributed by atoms with Gasteiger partial charge in [-0.1, -0.05) is 37.3 Å². The van der Waals surface area contributed by atoms with E-state index in [-0.39, 0.29) is 24.4 Å². The van der Waals surface area contributed by atoms with Crippen molar-refractivity contribution in [3.8, 4) is 22.5 Å². The van der Waals surface area contributed by atoms with Crippen molar-refractivity contribution in [1.29, 1.82) is 0 Å². The van der Waals surface area contributed by atoms with Crippen LogP contribution < -0.4 is 20.6 Å². The van der Waals surface area contributed by atoms with E-state index < -0.39 is 10.1 Å². The van der Waals surface area contributed by atoms with E-state index >= 15 is 0 Å². The van der Waals surface area contributed by atoms with Crippen LogP contribution in [0.1, 0.15) is 53.9 Å². The minimum Gasteiger partial charge on any atom is -0.456 e. The number of nitrogens with two attached hydrogens (primary N) is 1. The van der Waals surface area contributed by atoms with Crippen LogP contribution in [0.4, 0.5) is 5.69 Å². The summed E-state index contributed by atoms with van der Waals surface area (Å²) in [4.78, 5) is 13.0. The molecule has 0 amide bonds. The molecule has 234 valence electrons. The minimum atomic E-state index is -3.88. The van der Waals surface area contributed by atoms with Crippen LogP contribution in [0.25, 0.3) is 33.4 Å². The first kappa shape index (κ1) is 35.7. The van der Waals surface area contributed by atoms with Gasteiger partial charge in [0.2, 0.25) is 5.36 Å². The monoisotopic (exact) mass is 610 g/mol. The number of ketones is 1. The molecule has 0 unspecified atom stereocenters. The lowest BCUT2D eigenvalue weighted by molar-refractivity contribution is -0.118. The third-order valence-electron chi connectivity index (χ3n) is 7.26. The van der Waals surface area contributed by atoms with Crippen molar-refractivity contribution in [2.45, 2.75) is 53.9 Å². The zero-order valence-corrected chi connectivity index (χ0v) is 27.3. The summed E-state index contributed by atoms with van der Waals surface area (Å²) in [6, 6.07) is 23.9. The Morgan fingerprint density at radius 1 is 0.907 bits per heavy atom. The maximum absolute atomic E-state index is 10.6. The SMILES string of the molecule is CCC(=O)CCCS(=O)(=O)O.CCN(CC)c1ccc2c(-c3ccccc3)c3ccc(=[N+](CC)CC)cc-3oc2c1.CN. The molecule has 1 aliphatic carbocycles. The number of rotatable bonds is 11. The molecule has 0 radical (unpaired) electrons. The Bertz CT molecular complexity index is 1590. The summed E-state index contributed by atoms with van der Waals surface area (Å²) < 4.78 is 37.4. The van der Waals surface area contributed by atoms with Gasteiger partial charge in [0.1, 0.15) is 30.2 Å². The molecule has 2 aliphatic rings. The number of carbonyl (C=O) groups excluding carboxylic acids is 1. The van der Waals surface area contributed by atoms with Crippen LogP contribution in [0.5, 0.6) is 0 Å². The molecule has 0 saturated heterocycles. The summed E-state index contributed by atoms with van der Waals surface area (Å²) in [7, 11) is -2.38. The van der Waals surface area contributed by atoms with Gasteiger partial charge < -0.3 is 15.1 Å². The van der Waals surface area contributed by atoms with Gasteiger partial charge in [-0.25, -0.2) is 4.58 Å². The average Bonchev–Trinajstić information content (AvgIpc) is 3.02. The predicted molar refractivity (Wildman–Crippen MR) is 179 cm³/mol. The Labute approximate surface area is 256 Å². The lowest BCUT2D eigenvalue weighted by Crippen LogP contribution is -2.29. The van der Waals surface area contributed by atoms with Gasteiger partial charge in [-0.05, 0) is 64.9 Å². The van der Waals surface area contributed by atoms with E-state index in [9.17, 15) is 13.2 Å². The molecule has 3 N–H and O–H groups in total. The first-order valence-electron chi connectivity index (χ1n) is 15.1. The lowest BCUT2D eigenvalue weighted by atomic mass is 9.93. The number of fused-ring (bicyclic) bond motifs is 2. The Morgan fingerprint density at radius 3 is 2.12 bits per heavy atom. The van der Waals surface area contributed by atoms with E-state index in [4.69, 9.17) is 8.97 Å². The maximum Gasteiger partial charge on any atom is 0.264 e. The third kappa shape index (κ3) is 10.0. The molecule has 0 bridgehead atoms. The summed E-state index contributed by atoms with van der Waals surface area (Å²) in [5, 5.41) is 2.36. The minimum absolute atomic E-state index is 0.0219. The summed E-state index contributed by atoms with van der Waals surface area (Å²) >= 11 is 0. The van der Waals surface area contributed by atoms with Gasteiger partial charge in [0.15, 0.2) is 0 Å². The van der Waals surface area contributed by atoms with Crippen molar-refractivity contribution in [1.82, 2.24) is 4.58 Å². The number of anilines is 1. The van der Waals surface area contributed by atoms with E-state index in [2.05, 4.69) is 110 Å². The molecular formula is C34H48N3O5S+. The summed E-state index contributed by atoms with van der Waals surface area (Å²) in [6.45, 7) is 14.4. The molecule has 2 aromatic rings. The first-order chi connectivity index (χ1) is 20.6. The summed E-state index contributed by atoms with van der Waals surface area (Å²) in [6.07, 6.45) is 0.868. The maximum atomic E-state index is 10.6. The molecule has 0 spiro atoms. The van der Waals surface area contributed by atoms with Crippen molar-refractivity contribution in [2.24, 2.45) is 5.73 Å². The Hall–Kier alpha value is -3.53. The van der Waals surface area contributed by atoms with Gasteiger partial charge >= 0.3 is 0 Å². The number of benzene rings is 3. The highest BCUT2D eigenvalue weighted by Crippen LogP contribution is 2.40. The molecule has 0 fully saturated rings. The second kappa shape index (κ2) is 17.6. The van der Waals surface area contributed by atoms with Crippen LogP contribution in [0.2, 0.25) is 0 Å². The van der Waals surface area contributed by atoms with Crippen molar-refractivity contribution in [3.05, 3.63) is 72.1 Å². The van der Waals surface area contributed by atoms with E-state index in [1.54, 1.807) is 6.92 Å². The van der Waals surface area contributed by atoms with Crippen LogP contribution in [0.15, 0.2) is 71.1 Å². The molecule has 4 rings (SSSR count). The standard InChI is InChI=1S/C27H31N2O.C6H12O4S.CH5N/c1-5-28(6-2)21-14-16-23-25(18-21)30-26-19-22(29(7-3)8-4)15-17-24(26)27(23)20-12-10-9-11-13-20;1-2-6(7)4-3-5-11(8,9)10;1-2/h9-19H,5-8H2,1-4H3;2-5H2,1H3,(H,8,9,10);2H2,1H3/q+1;;. The van der Waals surface area contributed by atoms with Crippen LogP contribution in [-0.2, 0) is 14.9 Å². The molecule has 43 heavy (non-hydrogen) atoms. The average molecular weight is 611 g/mol. The number of hydrogen-bond donors (Lipinski definition) is 2. The second-order valence-electron chi connectivity index (χ2n) is 9.83. The van der Waals surface area contributed by atoms with E-state index in [1.165, 1.54) is 29.2 Å². The van der Waals surface area contributed by atoms with Crippen molar-refractivity contribution in [2.75, 3.05) is 43.9 Å². The van der Waals surface area contributed by atoms with Gasteiger partial charge in [0.25, 0.3) is 10.1 Å². The Kier molecular flexibility index (Phi) is 14.6. The number of carbonyl (C=O) groups is 1. The lowest BCUT2D eigenvalue weighted by Gasteiger charge is -2.22. The Balaban J connectivity index is 0.000000422. The second-order valence-corrected chi connectivity index (χ2v) is 11.4. The summed E-state index contributed by atoms with van der Waals surface area (Å²) in [5.41, 5.74) is 10.2. The number of Topliss-reactive ketones (excluding diaryl/α,β-unsaturated/α-hetero) is 1. The fourth-order valence-electron chi connectivity index (χ4n) is 4.98. The number of hydrogen-bond acceptors (Lipinski definition) is 6. The zero-order chi connectivity index (χ0) is 32.0. The predicted octanol–water partition coefficient (Wildman–Crippen LogP) is 6.07. The van der Waals surface area contributed by atoms with Crippen molar-refractivity contribution in [3.63, 3.8) is 0 Å². The highest BCUT2D eigenvalue weighted by molar-refractivity contribution is 7.85. The van der Waals surface area contributed by atoms with Crippen molar-refractivity contribution < 1.29 is 22.2 Å². The van der Waals surface area contributed by atoms with E-state index in [0.717, 1.165) is 48.5 Å². The zero-order valence-electron chi connectivity index (χ0n) is 26.5. The molecule has 9 heteroatoms. The van der Waals surface area contributed by atoms with Crippen LogP contribution >= 0.6 is 0 Å². The smallest absolute Gasteiger partial charge is 0.264 e. The van der Waals surface area contributed by atoms with Crippen LogP contribution in [0, 0.1) is 0 Å². The molecule has 0 saturated carbocycles. The largest absolute Gasteiger partial charge is 0.456 e. The first-order valence-corrected chi connectivity index (χ1v) is 16.7. The van der Waals surface area contributed by atoms with Gasteiger partial charge in [0, 0.05) is 60.3 Å². The molecule has 2 aromatic carbocycles. The summed E-state index contributed by atoms with van der Waals surface area (Å²) in [5.74, 6) is 0.634. The molecular weight excluding hydrogens is 562 g/mol. The van der Waals surface area contributed by atoms with Crippen LogP contribution in [0.3, 0.4) is 0 Å². The van der Waals surface area contributed by atoms with Crippen molar-refractivity contribution >= 4 is 32.6 Å².